The van der Waals surface area contributed by atoms with Crippen LogP contribution in [-0.2, 0) is 0 Å². The van der Waals surface area contributed by atoms with Gasteiger partial charge in [0.25, 0.3) is 0 Å². The summed E-state index contributed by atoms with van der Waals surface area (Å²) in [6, 6.07) is 8.92. The van der Waals surface area contributed by atoms with Gasteiger partial charge in [-0.15, -0.1) is 0 Å². The molecular formula is C11H8FNO. The molecule has 1 aromatic carbocycles. The van der Waals surface area contributed by atoms with E-state index in [0.29, 0.717) is 11.3 Å². The van der Waals surface area contributed by atoms with Crippen LogP contribution in [0.3, 0.4) is 0 Å². The molecule has 0 aliphatic heterocycles. The van der Waals surface area contributed by atoms with E-state index >= 15 is 0 Å². The van der Waals surface area contributed by atoms with E-state index in [1.807, 2.05) is 0 Å². The Bertz CT molecular complexity index is 431. The average Bonchev–Trinajstić information content (AvgIpc) is 2.71. The summed E-state index contributed by atoms with van der Waals surface area (Å²) in [6.45, 7) is 0. The van der Waals surface area contributed by atoms with Crippen LogP contribution in [0.1, 0.15) is 16.1 Å². The van der Waals surface area contributed by atoms with Crippen molar-refractivity contribution in [3.63, 3.8) is 0 Å². The van der Waals surface area contributed by atoms with Gasteiger partial charge < -0.3 is 4.98 Å². The highest BCUT2D eigenvalue weighted by Crippen LogP contribution is 2.08. The van der Waals surface area contributed by atoms with E-state index in [2.05, 4.69) is 4.98 Å². The number of H-pyrrole nitrogens is 1. The molecule has 0 saturated heterocycles. The molecule has 0 fully saturated rings. The Morgan fingerprint density at radius 1 is 1.14 bits per heavy atom. The van der Waals surface area contributed by atoms with Gasteiger partial charge in [-0.25, -0.2) is 4.39 Å². The molecule has 3 heteroatoms. The Hall–Kier alpha value is -1.90. The summed E-state index contributed by atoms with van der Waals surface area (Å²) in [7, 11) is 0. The lowest BCUT2D eigenvalue weighted by molar-refractivity contribution is 0.103. The Morgan fingerprint density at radius 3 is 2.43 bits per heavy atom. The first-order valence-corrected chi connectivity index (χ1v) is 4.21. The third kappa shape index (κ3) is 1.57. The van der Waals surface area contributed by atoms with Crippen molar-refractivity contribution < 1.29 is 9.18 Å². The molecule has 0 unspecified atom stereocenters. The SMILES string of the molecule is O=C(c1ccc(F)cc1)c1ccc[nH]1. The second-order valence-electron chi connectivity index (χ2n) is 2.92. The van der Waals surface area contributed by atoms with Crippen LogP contribution in [0.5, 0.6) is 0 Å². The zero-order valence-electron chi connectivity index (χ0n) is 7.33. The molecule has 14 heavy (non-hydrogen) atoms. The molecule has 2 rings (SSSR count). The molecule has 0 atom stereocenters. The van der Waals surface area contributed by atoms with Gasteiger partial charge in [0, 0.05) is 11.8 Å². The van der Waals surface area contributed by atoms with Gasteiger partial charge in [-0.05, 0) is 36.4 Å². The van der Waals surface area contributed by atoms with E-state index in [9.17, 15) is 9.18 Å². The van der Waals surface area contributed by atoms with Crippen LogP contribution < -0.4 is 0 Å². The van der Waals surface area contributed by atoms with Crippen LogP contribution >= 0.6 is 0 Å². The Balaban J connectivity index is 2.33. The highest BCUT2D eigenvalue weighted by Gasteiger charge is 2.08. The summed E-state index contributed by atoms with van der Waals surface area (Å²) in [6.07, 6.45) is 1.68. The molecule has 0 spiro atoms. The number of ketones is 1. The first kappa shape index (κ1) is 8.69. The van der Waals surface area contributed by atoms with Gasteiger partial charge in [0.05, 0.1) is 5.69 Å². The lowest BCUT2D eigenvalue weighted by Crippen LogP contribution is -2.01. The minimum absolute atomic E-state index is 0.130. The molecule has 0 aliphatic rings. The van der Waals surface area contributed by atoms with Gasteiger partial charge in [0.15, 0.2) is 0 Å². The van der Waals surface area contributed by atoms with Crippen LogP contribution in [0.15, 0.2) is 42.6 Å². The molecule has 1 aromatic heterocycles. The lowest BCUT2D eigenvalue weighted by Gasteiger charge is -1.97. The predicted octanol–water partition coefficient (Wildman–Crippen LogP) is 2.38. The number of aromatic amines is 1. The standard InChI is InChI=1S/C11H8FNO/c12-9-5-3-8(4-6-9)11(14)10-2-1-7-13-10/h1-7,13H. The summed E-state index contributed by atoms with van der Waals surface area (Å²) in [5, 5.41) is 0. The first-order valence-electron chi connectivity index (χ1n) is 4.21. The van der Waals surface area contributed by atoms with E-state index in [0.717, 1.165) is 0 Å². The first-order chi connectivity index (χ1) is 6.77. The highest BCUT2D eigenvalue weighted by atomic mass is 19.1. The Labute approximate surface area is 80.4 Å². The minimum Gasteiger partial charge on any atom is -0.359 e. The van der Waals surface area contributed by atoms with Crippen LogP contribution in [0.2, 0.25) is 0 Å². The van der Waals surface area contributed by atoms with Crippen LogP contribution in [0.4, 0.5) is 4.39 Å². The molecule has 70 valence electrons. The van der Waals surface area contributed by atoms with Crippen LogP contribution in [0, 0.1) is 5.82 Å². The van der Waals surface area contributed by atoms with E-state index in [1.54, 1.807) is 18.3 Å². The number of carbonyl (C=O) groups excluding carboxylic acids is 1. The van der Waals surface area contributed by atoms with Crippen molar-refractivity contribution in [2.45, 2.75) is 0 Å². The van der Waals surface area contributed by atoms with Crippen molar-refractivity contribution >= 4 is 5.78 Å². The molecule has 1 N–H and O–H groups in total. The largest absolute Gasteiger partial charge is 0.359 e. The van der Waals surface area contributed by atoms with Gasteiger partial charge in [-0.1, -0.05) is 0 Å². The zero-order valence-corrected chi connectivity index (χ0v) is 7.33. The quantitative estimate of drug-likeness (QED) is 0.723. The zero-order chi connectivity index (χ0) is 9.97. The van der Waals surface area contributed by atoms with Gasteiger partial charge >= 0.3 is 0 Å². The van der Waals surface area contributed by atoms with E-state index in [4.69, 9.17) is 0 Å². The van der Waals surface area contributed by atoms with Crippen LogP contribution in [0.25, 0.3) is 0 Å². The van der Waals surface area contributed by atoms with Crippen LogP contribution in [-0.4, -0.2) is 10.8 Å². The smallest absolute Gasteiger partial charge is 0.209 e. The van der Waals surface area contributed by atoms with Gasteiger partial charge in [0.1, 0.15) is 5.82 Å². The molecule has 1 heterocycles. The van der Waals surface area contributed by atoms with Crippen molar-refractivity contribution in [1.82, 2.24) is 4.98 Å². The molecule has 2 nitrogen and oxygen atoms in total. The molecule has 0 saturated carbocycles. The average molecular weight is 189 g/mol. The van der Waals surface area contributed by atoms with Crippen molar-refractivity contribution in [3.8, 4) is 0 Å². The number of carbonyl (C=O) groups is 1. The second kappa shape index (κ2) is 3.46. The lowest BCUT2D eigenvalue weighted by atomic mass is 10.1. The normalized spacial score (nSPS) is 10.1. The fourth-order valence-corrected chi connectivity index (χ4v) is 1.23. The maximum Gasteiger partial charge on any atom is 0.209 e. The minimum atomic E-state index is -0.340. The number of halogens is 1. The van der Waals surface area contributed by atoms with Gasteiger partial charge in [-0.2, -0.15) is 0 Å². The Kier molecular flexibility index (Phi) is 2.14. The van der Waals surface area contributed by atoms with Gasteiger partial charge in [0.2, 0.25) is 5.78 Å². The van der Waals surface area contributed by atoms with Gasteiger partial charge in [-0.3, -0.25) is 4.79 Å². The van der Waals surface area contributed by atoms with E-state index in [1.165, 1.54) is 24.3 Å². The number of benzene rings is 1. The maximum atomic E-state index is 12.6. The second-order valence-corrected chi connectivity index (χ2v) is 2.92. The Morgan fingerprint density at radius 2 is 1.86 bits per heavy atom. The molecule has 0 amide bonds. The maximum absolute atomic E-state index is 12.6. The predicted molar refractivity (Wildman–Crippen MR) is 50.6 cm³/mol. The fourth-order valence-electron chi connectivity index (χ4n) is 1.23. The molecule has 0 bridgehead atoms. The number of hydrogen-bond donors (Lipinski definition) is 1. The number of nitrogens with one attached hydrogen (secondary N) is 1. The summed E-state index contributed by atoms with van der Waals surface area (Å²) in [4.78, 5) is 14.5. The topological polar surface area (TPSA) is 32.9 Å². The van der Waals surface area contributed by atoms with Crippen molar-refractivity contribution in [1.29, 1.82) is 0 Å². The summed E-state index contributed by atoms with van der Waals surface area (Å²) in [5.41, 5.74) is 0.991. The summed E-state index contributed by atoms with van der Waals surface area (Å²) in [5.74, 6) is -0.469. The fraction of sp³-hybridized carbons (Fsp3) is 0. The molecule has 0 aliphatic carbocycles. The third-order valence-corrected chi connectivity index (χ3v) is 1.95. The van der Waals surface area contributed by atoms with E-state index < -0.39 is 0 Å². The summed E-state index contributed by atoms with van der Waals surface area (Å²) >= 11 is 0. The number of aromatic nitrogens is 1. The summed E-state index contributed by atoms with van der Waals surface area (Å²) < 4.78 is 12.6. The molecule has 0 radical (unpaired) electrons. The molecular weight excluding hydrogens is 181 g/mol. The van der Waals surface area contributed by atoms with Crippen molar-refractivity contribution in [2.75, 3.05) is 0 Å². The monoisotopic (exact) mass is 189 g/mol. The third-order valence-electron chi connectivity index (χ3n) is 1.95. The highest BCUT2D eigenvalue weighted by molar-refractivity contribution is 6.07. The number of hydrogen-bond acceptors (Lipinski definition) is 1. The van der Waals surface area contributed by atoms with E-state index in [-0.39, 0.29) is 11.6 Å². The van der Waals surface area contributed by atoms with Crippen molar-refractivity contribution in [2.24, 2.45) is 0 Å². The number of rotatable bonds is 2. The molecule has 2 aromatic rings. The van der Waals surface area contributed by atoms with Crippen molar-refractivity contribution in [3.05, 3.63) is 59.7 Å².